The van der Waals surface area contributed by atoms with Crippen LogP contribution < -0.4 is 10.6 Å². The van der Waals surface area contributed by atoms with Crippen LogP contribution in [0.15, 0.2) is 0 Å². The fraction of sp³-hybridized carbons (Fsp3) is 0.875. The van der Waals surface area contributed by atoms with Gasteiger partial charge in [-0.2, -0.15) is 0 Å². The summed E-state index contributed by atoms with van der Waals surface area (Å²) in [5, 5.41) is 5.97. The van der Waals surface area contributed by atoms with Crippen LogP contribution in [0.25, 0.3) is 0 Å². The van der Waals surface area contributed by atoms with E-state index in [0.717, 1.165) is 19.4 Å². The van der Waals surface area contributed by atoms with Crippen LogP contribution in [0.3, 0.4) is 0 Å². The van der Waals surface area contributed by atoms with Gasteiger partial charge in [0.25, 0.3) is 0 Å². The van der Waals surface area contributed by atoms with Gasteiger partial charge in [-0.3, -0.25) is 4.79 Å². The van der Waals surface area contributed by atoms with Gasteiger partial charge in [0.15, 0.2) is 0 Å². The lowest BCUT2D eigenvalue weighted by Gasteiger charge is -2.26. The molecule has 0 bridgehead atoms. The van der Waals surface area contributed by atoms with Crippen molar-refractivity contribution in [1.29, 1.82) is 0 Å². The molecular weight excluding hydrogens is 140 g/mol. The van der Waals surface area contributed by atoms with Crippen molar-refractivity contribution in [2.45, 2.75) is 25.8 Å². The van der Waals surface area contributed by atoms with E-state index < -0.39 is 0 Å². The van der Waals surface area contributed by atoms with Gasteiger partial charge in [-0.1, -0.05) is 0 Å². The summed E-state index contributed by atoms with van der Waals surface area (Å²) in [6, 6.07) is 0.301. The second-order valence-electron chi connectivity index (χ2n) is 3.12. The molecule has 3 nitrogen and oxygen atoms in total. The molecule has 2 atom stereocenters. The summed E-state index contributed by atoms with van der Waals surface area (Å²) in [5.74, 6) is 0.381. The van der Waals surface area contributed by atoms with E-state index in [-0.39, 0.29) is 11.8 Å². The summed E-state index contributed by atoms with van der Waals surface area (Å²) in [7, 11) is 1.90. The first kappa shape index (κ1) is 8.53. The summed E-state index contributed by atoms with van der Waals surface area (Å²) in [5.41, 5.74) is 0. The van der Waals surface area contributed by atoms with Crippen LogP contribution >= 0.6 is 0 Å². The second kappa shape index (κ2) is 3.72. The first-order valence-electron chi connectivity index (χ1n) is 4.20. The highest BCUT2D eigenvalue weighted by molar-refractivity contribution is 5.79. The lowest BCUT2D eigenvalue weighted by Crippen LogP contribution is -2.45. The summed E-state index contributed by atoms with van der Waals surface area (Å²) in [6.07, 6.45) is 2.14. The van der Waals surface area contributed by atoms with Crippen molar-refractivity contribution in [2.75, 3.05) is 13.6 Å². The van der Waals surface area contributed by atoms with Crippen molar-refractivity contribution in [3.05, 3.63) is 0 Å². The largest absolute Gasteiger partial charge is 0.356 e. The first-order chi connectivity index (χ1) is 5.25. The van der Waals surface area contributed by atoms with Gasteiger partial charge in [-0.05, 0) is 26.8 Å². The third kappa shape index (κ3) is 1.93. The molecule has 1 amide bonds. The Morgan fingerprint density at radius 1 is 1.73 bits per heavy atom. The van der Waals surface area contributed by atoms with Gasteiger partial charge in [0.1, 0.15) is 0 Å². The molecule has 1 aliphatic heterocycles. The van der Waals surface area contributed by atoms with Gasteiger partial charge < -0.3 is 10.6 Å². The van der Waals surface area contributed by atoms with Crippen LogP contribution in [0.5, 0.6) is 0 Å². The minimum atomic E-state index is 0.175. The Bertz CT molecular complexity index is 147. The molecule has 1 saturated heterocycles. The molecule has 64 valence electrons. The van der Waals surface area contributed by atoms with E-state index in [1.54, 1.807) is 0 Å². The fourth-order valence-electron chi connectivity index (χ4n) is 1.47. The summed E-state index contributed by atoms with van der Waals surface area (Å²) in [6.45, 7) is 2.90. The molecule has 2 N–H and O–H groups in total. The van der Waals surface area contributed by atoms with E-state index in [1.165, 1.54) is 0 Å². The Labute approximate surface area is 67.5 Å². The zero-order chi connectivity index (χ0) is 8.27. The standard InChI is InChI=1S/C8H16N2O/c1-6(9-2)7-4-3-5-10-8(7)11/h6-7,9H,3-5H2,1-2H3,(H,10,11). The monoisotopic (exact) mass is 156 g/mol. The maximum Gasteiger partial charge on any atom is 0.224 e. The SMILES string of the molecule is CNC(C)C1CCCNC1=O. The zero-order valence-corrected chi connectivity index (χ0v) is 7.18. The van der Waals surface area contributed by atoms with E-state index in [9.17, 15) is 4.79 Å². The number of hydrogen-bond donors (Lipinski definition) is 2. The first-order valence-corrected chi connectivity index (χ1v) is 4.20. The third-order valence-corrected chi connectivity index (χ3v) is 2.39. The zero-order valence-electron chi connectivity index (χ0n) is 7.18. The average molecular weight is 156 g/mol. The van der Waals surface area contributed by atoms with Crippen LogP contribution in [-0.2, 0) is 4.79 Å². The second-order valence-corrected chi connectivity index (χ2v) is 3.12. The van der Waals surface area contributed by atoms with Crippen LogP contribution in [0.2, 0.25) is 0 Å². The Balaban J connectivity index is 2.47. The van der Waals surface area contributed by atoms with Crippen molar-refractivity contribution in [3.63, 3.8) is 0 Å². The molecule has 0 aromatic rings. The molecule has 1 aliphatic rings. The molecule has 1 fully saturated rings. The predicted octanol–water partition coefficient (Wildman–Crippen LogP) is 0.120. The molecule has 0 aromatic heterocycles. The van der Waals surface area contributed by atoms with Crippen LogP contribution in [0, 0.1) is 5.92 Å². The molecular formula is C8H16N2O. The number of carbonyl (C=O) groups is 1. The lowest BCUT2D eigenvalue weighted by atomic mass is 9.92. The topological polar surface area (TPSA) is 41.1 Å². The van der Waals surface area contributed by atoms with Gasteiger partial charge in [-0.25, -0.2) is 0 Å². The fourth-order valence-corrected chi connectivity index (χ4v) is 1.47. The highest BCUT2D eigenvalue weighted by atomic mass is 16.2. The van der Waals surface area contributed by atoms with Gasteiger partial charge in [0.2, 0.25) is 5.91 Å². The molecule has 1 rings (SSSR count). The Hall–Kier alpha value is -0.570. The lowest BCUT2D eigenvalue weighted by molar-refractivity contribution is -0.127. The van der Waals surface area contributed by atoms with Crippen molar-refractivity contribution in [3.8, 4) is 0 Å². The Kier molecular flexibility index (Phi) is 2.88. The van der Waals surface area contributed by atoms with Crippen molar-refractivity contribution in [1.82, 2.24) is 10.6 Å². The van der Waals surface area contributed by atoms with Gasteiger partial charge >= 0.3 is 0 Å². The summed E-state index contributed by atoms with van der Waals surface area (Å²) < 4.78 is 0. The quantitative estimate of drug-likeness (QED) is 0.596. The predicted molar refractivity (Wildman–Crippen MR) is 44.3 cm³/mol. The van der Waals surface area contributed by atoms with E-state index in [2.05, 4.69) is 17.6 Å². The number of piperidine rings is 1. The normalized spacial score (nSPS) is 27.8. The maximum atomic E-state index is 11.2. The van der Waals surface area contributed by atoms with Gasteiger partial charge in [0.05, 0.1) is 5.92 Å². The van der Waals surface area contributed by atoms with Crippen molar-refractivity contribution in [2.24, 2.45) is 5.92 Å². The average Bonchev–Trinajstić information content (AvgIpc) is 2.04. The molecule has 11 heavy (non-hydrogen) atoms. The molecule has 0 radical (unpaired) electrons. The molecule has 0 spiro atoms. The Morgan fingerprint density at radius 2 is 2.45 bits per heavy atom. The van der Waals surface area contributed by atoms with E-state index >= 15 is 0 Å². The van der Waals surface area contributed by atoms with Crippen LogP contribution in [-0.4, -0.2) is 25.5 Å². The van der Waals surface area contributed by atoms with Crippen molar-refractivity contribution >= 4 is 5.91 Å². The minimum absolute atomic E-state index is 0.175. The highest BCUT2D eigenvalue weighted by Crippen LogP contribution is 2.14. The number of nitrogens with one attached hydrogen (secondary N) is 2. The van der Waals surface area contributed by atoms with Gasteiger partial charge in [0, 0.05) is 12.6 Å². The molecule has 3 heteroatoms. The highest BCUT2D eigenvalue weighted by Gasteiger charge is 2.25. The number of rotatable bonds is 2. The Morgan fingerprint density at radius 3 is 3.00 bits per heavy atom. The van der Waals surface area contributed by atoms with E-state index in [1.807, 2.05) is 7.05 Å². The number of carbonyl (C=O) groups excluding carboxylic acids is 1. The number of hydrogen-bond acceptors (Lipinski definition) is 2. The maximum absolute atomic E-state index is 11.2. The van der Waals surface area contributed by atoms with E-state index in [4.69, 9.17) is 0 Å². The molecule has 2 unspecified atom stereocenters. The minimum Gasteiger partial charge on any atom is -0.356 e. The third-order valence-electron chi connectivity index (χ3n) is 2.39. The molecule has 0 aliphatic carbocycles. The van der Waals surface area contributed by atoms with Crippen molar-refractivity contribution < 1.29 is 4.79 Å². The summed E-state index contributed by atoms with van der Waals surface area (Å²) >= 11 is 0. The molecule has 0 saturated carbocycles. The molecule has 1 heterocycles. The summed E-state index contributed by atoms with van der Waals surface area (Å²) in [4.78, 5) is 11.2. The molecule has 0 aromatic carbocycles. The van der Waals surface area contributed by atoms with Gasteiger partial charge in [-0.15, -0.1) is 0 Å². The smallest absolute Gasteiger partial charge is 0.224 e. The van der Waals surface area contributed by atoms with Crippen LogP contribution in [0.1, 0.15) is 19.8 Å². The van der Waals surface area contributed by atoms with E-state index in [0.29, 0.717) is 6.04 Å². The van der Waals surface area contributed by atoms with Crippen LogP contribution in [0.4, 0.5) is 0 Å². The number of amides is 1.